The number of benzene rings is 1. The van der Waals surface area contributed by atoms with Crippen LogP contribution in [0.5, 0.6) is 0 Å². The van der Waals surface area contributed by atoms with E-state index in [-0.39, 0.29) is 0 Å². The van der Waals surface area contributed by atoms with Crippen LogP contribution in [-0.2, 0) is 4.57 Å². The summed E-state index contributed by atoms with van der Waals surface area (Å²) in [6, 6.07) is 7.37. The summed E-state index contributed by atoms with van der Waals surface area (Å²) in [5, 5.41) is 2.81. The second kappa shape index (κ2) is 5.38. The van der Waals surface area contributed by atoms with Gasteiger partial charge in [-0.15, -0.1) is 0 Å². The summed E-state index contributed by atoms with van der Waals surface area (Å²) in [5.74, 6) is 0. The number of nitrogens with one attached hydrogen (secondary N) is 1. The van der Waals surface area contributed by atoms with Gasteiger partial charge >= 0.3 is 0 Å². The van der Waals surface area contributed by atoms with Gasteiger partial charge in [0, 0.05) is 5.69 Å². The third-order valence-electron chi connectivity index (χ3n) is 2.24. The molecular formula is C10H14Cl3N2OP. The highest BCUT2D eigenvalue weighted by Gasteiger charge is 2.46. The number of alkyl halides is 3. The molecule has 1 aromatic carbocycles. The molecule has 0 spiro atoms. The van der Waals surface area contributed by atoms with Crippen molar-refractivity contribution in [3.8, 4) is 0 Å². The Morgan fingerprint density at radius 1 is 1.18 bits per heavy atom. The molecule has 0 aliphatic heterocycles. The molecule has 0 heterocycles. The van der Waals surface area contributed by atoms with Crippen molar-refractivity contribution in [3.63, 3.8) is 0 Å². The minimum absolute atomic E-state index is 0.652. The van der Waals surface area contributed by atoms with E-state index in [4.69, 9.17) is 34.8 Å². The second-order valence-corrected chi connectivity index (χ2v) is 9.79. The molecule has 0 aliphatic rings. The zero-order valence-electron chi connectivity index (χ0n) is 9.75. The van der Waals surface area contributed by atoms with E-state index in [1.807, 2.05) is 19.1 Å². The van der Waals surface area contributed by atoms with Crippen LogP contribution >= 0.6 is 42.2 Å². The van der Waals surface area contributed by atoms with Gasteiger partial charge in [0.1, 0.15) is 0 Å². The van der Waals surface area contributed by atoms with Crippen molar-refractivity contribution < 1.29 is 4.57 Å². The SMILES string of the molecule is Cc1ccc(N[P@@](=O)(N(C)C)C(Cl)(Cl)Cl)cc1. The molecule has 0 amide bonds. The molecule has 0 fully saturated rings. The summed E-state index contributed by atoms with van der Waals surface area (Å²) >= 11 is 17.3. The van der Waals surface area contributed by atoms with E-state index in [0.29, 0.717) is 5.69 Å². The van der Waals surface area contributed by atoms with Crippen molar-refractivity contribution >= 4 is 47.9 Å². The zero-order valence-corrected chi connectivity index (χ0v) is 12.9. The van der Waals surface area contributed by atoms with Gasteiger partial charge in [0.25, 0.3) is 11.0 Å². The lowest BCUT2D eigenvalue weighted by Gasteiger charge is -2.31. The summed E-state index contributed by atoms with van der Waals surface area (Å²) in [6.07, 6.45) is 0. The maximum atomic E-state index is 12.6. The van der Waals surface area contributed by atoms with Crippen molar-refractivity contribution in [2.45, 2.75) is 10.5 Å². The molecule has 3 nitrogen and oxygen atoms in total. The predicted octanol–water partition coefficient (Wildman–Crippen LogP) is 4.49. The fraction of sp³-hybridized carbons (Fsp3) is 0.400. The molecule has 1 rings (SSSR count). The van der Waals surface area contributed by atoms with E-state index < -0.39 is 11.0 Å². The van der Waals surface area contributed by atoms with Gasteiger partial charge < -0.3 is 5.09 Å². The molecule has 1 aromatic rings. The monoisotopic (exact) mass is 314 g/mol. The molecule has 1 atom stereocenters. The van der Waals surface area contributed by atoms with Gasteiger partial charge in [-0.25, -0.2) is 4.67 Å². The molecule has 0 saturated carbocycles. The zero-order chi connectivity index (χ0) is 13.3. The molecule has 0 saturated heterocycles. The first-order valence-electron chi connectivity index (χ1n) is 4.86. The first kappa shape index (κ1) is 15.1. The number of nitrogens with zero attached hydrogens (tertiary/aromatic N) is 1. The number of aryl methyl sites for hydroxylation is 1. The van der Waals surface area contributed by atoms with Crippen LogP contribution in [0.15, 0.2) is 24.3 Å². The summed E-state index contributed by atoms with van der Waals surface area (Å²) in [6.45, 7) is 1.96. The third-order valence-corrected chi connectivity index (χ3v) is 6.68. The minimum Gasteiger partial charge on any atom is -0.321 e. The van der Waals surface area contributed by atoms with Crippen LogP contribution in [-0.4, -0.2) is 22.3 Å². The molecular weight excluding hydrogens is 301 g/mol. The first-order chi connectivity index (χ1) is 7.67. The van der Waals surface area contributed by atoms with E-state index >= 15 is 0 Å². The van der Waals surface area contributed by atoms with Gasteiger partial charge in [-0.05, 0) is 33.2 Å². The maximum absolute atomic E-state index is 12.6. The van der Waals surface area contributed by atoms with Crippen LogP contribution < -0.4 is 5.09 Å². The molecule has 0 aliphatic carbocycles. The number of anilines is 1. The van der Waals surface area contributed by atoms with E-state index in [1.54, 1.807) is 26.2 Å². The van der Waals surface area contributed by atoms with Crippen LogP contribution in [0.3, 0.4) is 0 Å². The lowest BCUT2D eigenvalue weighted by molar-refractivity contribution is 0.519. The predicted molar refractivity (Wildman–Crippen MR) is 76.4 cm³/mol. The molecule has 17 heavy (non-hydrogen) atoms. The Morgan fingerprint density at radius 2 is 1.65 bits per heavy atom. The number of hydrogen-bond acceptors (Lipinski definition) is 1. The first-order valence-corrected chi connectivity index (χ1v) is 7.66. The highest BCUT2D eigenvalue weighted by molar-refractivity contribution is 7.70. The summed E-state index contributed by atoms with van der Waals surface area (Å²) in [7, 11) is -0.130. The molecule has 1 N–H and O–H groups in total. The lowest BCUT2D eigenvalue weighted by Crippen LogP contribution is -2.24. The van der Waals surface area contributed by atoms with Crippen LogP contribution in [0.2, 0.25) is 0 Å². The number of halogens is 3. The summed E-state index contributed by atoms with van der Waals surface area (Å²) in [5.41, 5.74) is 1.75. The van der Waals surface area contributed by atoms with Crippen molar-refractivity contribution in [2.24, 2.45) is 0 Å². The van der Waals surface area contributed by atoms with Crippen LogP contribution in [0, 0.1) is 6.92 Å². The second-order valence-electron chi connectivity index (χ2n) is 3.87. The largest absolute Gasteiger partial charge is 0.321 e. The fourth-order valence-electron chi connectivity index (χ4n) is 1.19. The van der Waals surface area contributed by atoms with Crippen molar-refractivity contribution in [3.05, 3.63) is 29.8 Å². The van der Waals surface area contributed by atoms with E-state index in [9.17, 15) is 4.57 Å². The normalized spacial score (nSPS) is 15.7. The van der Waals surface area contributed by atoms with Crippen LogP contribution in [0.1, 0.15) is 5.56 Å². The molecule has 0 unspecified atom stereocenters. The Bertz CT molecular complexity index is 428. The van der Waals surface area contributed by atoms with E-state index in [0.717, 1.165) is 5.56 Å². The summed E-state index contributed by atoms with van der Waals surface area (Å²) in [4.78, 5) is 0. The van der Waals surface area contributed by atoms with Crippen LogP contribution in [0.4, 0.5) is 5.69 Å². The average molecular weight is 316 g/mol. The Balaban J connectivity index is 3.04. The Morgan fingerprint density at radius 3 is 2.00 bits per heavy atom. The van der Waals surface area contributed by atoms with Gasteiger partial charge in [-0.3, -0.25) is 4.57 Å². The van der Waals surface area contributed by atoms with E-state index in [1.165, 1.54) is 4.67 Å². The molecule has 0 aromatic heterocycles. The van der Waals surface area contributed by atoms with Gasteiger partial charge in [0.05, 0.1) is 0 Å². The van der Waals surface area contributed by atoms with Crippen molar-refractivity contribution in [1.82, 2.24) is 4.67 Å². The fourth-order valence-corrected chi connectivity index (χ4v) is 4.21. The standard InChI is InChI=1S/C10H14Cl3N2OP/c1-8-4-6-9(7-5-8)14-17(16,15(2)3)10(11,12)13/h4-7H,1-3H3,(H,14,16)/t17-/m1/s1. The topological polar surface area (TPSA) is 32.3 Å². The summed E-state index contributed by atoms with van der Waals surface area (Å²) < 4.78 is 12.1. The molecule has 96 valence electrons. The third kappa shape index (κ3) is 3.52. The van der Waals surface area contributed by atoms with Crippen molar-refractivity contribution in [1.29, 1.82) is 0 Å². The van der Waals surface area contributed by atoms with Gasteiger partial charge in [-0.1, -0.05) is 52.5 Å². The Labute approximate surface area is 117 Å². The Kier molecular flexibility index (Phi) is 4.79. The van der Waals surface area contributed by atoms with E-state index in [2.05, 4.69) is 5.09 Å². The quantitative estimate of drug-likeness (QED) is 0.659. The molecule has 7 heteroatoms. The molecule has 0 radical (unpaired) electrons. The van der Waals surface area contributed by atoms with Gasteiger partial charge in [0.15, 0.2) is 0 Å². The molecule has 0 bridgehead atoms. The number of hydrogen-bond donors (Lipinski definition) is 1. The minimum atomic E-state index is -3.33. The highest BCUT2D eigenvalue weighted by atomic mass is 35.6. The van der Waals surface area contributed by atoms with Crippen LogP contribution in [0.25, 0.3) is 0 Å². The van der Waals surface area contributed by atoms with Gasteiger partial charge in [-0.2, -0.15) is 0 Å². The smallest absolute Gasteiger partial charge is 0.286 e. The lowest BCUT2D eigenvalue weighted by atomic mass is 10.2. The Hall–Kier alpha value is 0.0800. The number of rotatable bonds is 3. The van der Waals surface area contributed by atoms with Gasteiger partial charge in [0.2, 0.25) is 0 Å². The average Bonchev–Trinajstić information content (AvgIpc) is 2.19. The highest BCUT2D eigenvalue weighted by Crippen LogP contribution is 2.65. The maximum Gasteiger partial charge on any atom is 0.286 e. The van der Waals surface area contributed by atoms with Crippen molar-refractivity contribution in [2.75, 3.05) is 19.2 Å².